The Morgan fingerprint density at radius 1 is 0.722 bits per heavy atom. The van der Waals surface area contributed by atoms with E-state index in [4.69, 9.17) is 19.4 Å². The van der Waals surface area contributed by atoms with E-state index in [1.54, 1.807) is 36.4 Å². The fourth-order valence-corrected chi connectivity index (χ4v) is 3.72. The maximum Gasteiger partial charge on any atom is 2.00 e. The quantitative estimate of drug-likeness (QED) is 0.207. The number of carbonyl (C=O) groups is 2. The number of ether oxygens (including phenoxy) is 2. The number of nitrogens with zero attached hydrogens (tertiary/aromatic N) is 2. The number of aromatic nitrogens is 2. The van der Waals surface area contributed by atoms with Crippen LogP contribution in [0, 0.1) is 12.1 Å². The van der Waals surface area contributed by atoms with Crippen LogP contribution >= 0.6 is 0 Å². The Kier molecular flexibility index (Phi) is 8.54. The molecule has 0 aliphatic rings. The summed E-state index contributed by atoms with van der Waals surface area (Å²) in [7, 11) is 2.70. The molecule has 2 aromatic carbocycles. The van der Waals surface area contributed by atoms with Gasteiger partial charge in [-0.05, 0) is 48.5 Å². The Bertz CT molecular complexity index is 1300. The van der Waals surface area contributed by atoms with Crippen LogP contribution in [-0.2, 0) is 36.0 Å². The summed E-state index contributed by atoms with van der Waals surface area (Å²) in [4.78, 5) is 33.6. The molecule has 0 saturated carbocycles. The van der Waals surface area contributed by atoms with Crippen LogP contribution < -0.4 is 0 Å². The number of pyridine rings is 2. The van der Waals surface area contributed by atoms with Crippen LogP contribution in [0.1, 0.15) is 46.0 Å². The minimum absolute atomic E-state index is 0. The molecule has 0 N–H and O–H groups in total. The first-order valence-electron chi connectivity index (χ1n) is 11.0. The number of esters is 2. The molecule has 2 heterocycles. The Balaban J connectivity index is 0.00000361. The van der Waals surface area contributed by atoms with Gasteiger partial charge in [0.05, 0.1) is 14.2 Å². The van der Waals surface area contributed by atoms with E-state index >= 15 is 0 Å². The largest absolute Gasteiger partial charge is 2.00 e. The summed E-state index contributed by atoms with van der Waals surface area (Å²) in [6, 6.07) is 27.9. The molecule has 4 aromatic rings. The molecule has 0 spiro atoms. The molecule has 0 bridgehead atoms. The molecule has 6 nitrogen and oxygen atoms in total. The molecule has 0 radical (unpaired) electrons. The van der Waals surface area contributed by atoms with Crippen molar-refractivity contribution in [2.45, 2.75) is 19.3 Å². The maximum atomic E-state index is 11.9. The molecule has 0 aliphatic carbocycles. The number of methoxy groups -OCH3 is 2. The van der Waals surface area contributed by atoms with Gasteiger partial charge < -0.3 is 19.4 Å². The molecular weight excluding hydrogens is 635 g/mol. The summed E-state index contributed by atoms with van der Waals surface area (Å²) in [5, 5.41) is 0. The van der Waals surface area contributed by atoms with E-state index in [2.05, 4.69) is 12.1 Å². The molecule has 2 aromatic heterocycles. The average molecular weight is 660 g/mol. The van der Waals surface area contributed by atoms with Gasteiger partial charge in [-0.2, -0.15) is 0 Å². The topological polar surface area (TPSA) is 78.4 Å². The summed E-state index contributed by atoms with van der Waals surface area (Å²) < 4.78 is 9.66. The third kappa shape index (κ3) is 5.60. The van der Waals surface area contributed by atoms with Crippen molar-refractivity contribution in [1.82, 2.24) is 9.97 Å². The van der Waals surface area contributed by atoms with Crippen LogP contribution in [0.4, 0.5) is 0 Å². The van der Waals surface area contributed by atoms with Crippen molar-refractivity contribution in [3.63, 3.8) is 0 Å². The van der Waals surface area contributed by atoms with Gasteiger partial charge in [0.2, 0.25) is 0 Å². The third-order valence-electron chi connectivity index (χ3n) is 5.78. The van der Waals surface area contributed by atoms with Crippen molar-refractivity contribution in [3.05, 3.63) is 107 Å². The van der Waals surface area contributed by atoms with Crippen molar-refractivity contribution < 1.29 is 40.1 Å². The molecular formula is C29H24N2O4Pt. The maximum absolute atomic E-state index is 11.9. The van der Waals surface area contributed by atoms with E-state index in [0.717, 1.165) is 11.4 Å². The van der Waals surface area contributed by atoms with Crippen LogP contribution in [0.15, 0.2) is 72.8 Å². The Labute approximate surface area is 225 Å². The van der Waals surface area contributed by atoms with E-state index in [1.807, 2.05) is 50.2 Å². The Hall–Kier alpha value is -3.63. The van der Waals surface area contributed by atoms with Crippen LogP contribution in [0.2, 0.25) is 0 Å². The van der Waals surface area contributed by atoms with Gasteiger partial charge >= 0.3 is 33.0 Å². The molecule has 0 saturated heterocycles. The zero-order valence-electron chi connectivity index (χ0n) is 20.3. The molecule has 4 rings (SSSR count). The summed E-state index contributed by atoms with van der Waals surface area (Å²) in [5.41, 5.74) is 4.73. The summed E-state index contributed by atoms with van der Waals surface area (Å²) in [6.07, 6.45) is 0. The number of carbonyl (C=O) groups excluding carboxylic acids is 2. The standard InChI is InChI=1S/C29H24N2O4.Pt/c1-29(2,25-15-7-13-23(30-25)19-9-5-11-21(17-19)27(32)34-3)26-16-8-14-24(31-26)20-10-6-12-22(18-20)28(33)35-4;/h5-8,11-18H,1-4H3;/q-2;+2. The molecule has 7 heteroatoms. The van der Waals surface area contributed by atoms with E-state index in [1.165, 1.54) is 14.2 Å². The summed E-state index contributed by atoms with van der Waals surface area (Å²) >= 11 is 0. The van der Waals surface area contributed by atoms with Crippen LogP contribution in [0.5, 0.6) is 0 Å². The monoisotopic (exact) mass is 659 g/mol. The van der Waals surface area contributed by atoms with Crippen LogP contribution in [-0.4, -0.2) is 36.1 Å². The summed E-state index contributed by atoms with van der Waals surface area (Å²) in [5.74, 6) is -0.823. The fraction of sp³-hybridized carbons (Fsp3) is 0.172. The van der Waals surface area contributed by atoms with Crippen molar-refractivity contribution >= 4 is 11.9 Å². The van der Waals surface area contributed by atoms with Gasteiger partial charge in [0.1, 0.15) is 0 Å². The van der Waals surface area contributed by atoms with E-state index < -0.39 is 17.4 Å². The fourth-order valence-electron chi connectivity index (χ4n) is 3.72. The van der Waals surface area contributed by atoms with Gasteiger partial charge in [-0.3, -0.25) is 0 Å². The number of hydrogen-bond donors (Lipinski definition) is 0. The second kappa shape index (κ2) is 11.4. The Morgan fingerprint density at radius 3 is 1.53 bits per heavy atom. The van der Waals surface area contributed by atoms with E-state index in [-0.39, 0.29) is 21.1 Å². The second-order valence-corrected chi connectivity index (χ2v) is 8.41. The summed E-state index contributed by atoms with van der Waals surface area (Å²) in [6.45, 7) is 4.10. The van der Waals surface area contributed by atoms with E-state index in [0.29, 0.717) is 33.6 Å². The smallest absolute Gasteiger partial charge is 0.467 e. The molecule has 36 heavy (non-hydrogen) atoms. The molecule has 0 atom stereocenters. The zero-order valence-corrected chi connectivity index (χ0v) is 22.5. The SMILES string of the molecule is COC(=O)c1cc[c-]c(-c2cccc(C(C)(C)c3cccc(-c4[c-]ccc(C(=O)OC)c4)n3)n2)c1.[Pt+2]. The minimum atomic E-state index is -0.536. The van der Waals surface area contributed by atoms with Crippen molar-refractivity contribution in [2.75, 3.05) is 14.2 Å². The van der Waals surface area contributed by atoms with Gasteiger partial charge in [0.25, 0.3) is 0 Å². The van der Waals surface area contributed by atoms with Crippen LogP contribution in [0.3, 0.4) is 0 Å². The van der Waals surface area contributed by atoms with Gasteiger partial charge in [0, 0.05) is 16.8 Å². The average Bonchev–Trinajstić information content (AvgIpc) is 2.92. The van der Waals surface area contributed by atoms with E-state index in [9.17, 15) is 9.59 Å². The number of hydrogen-bond acceptors (Lipinski definition) is 6. The molecule has 184 valence electrons. The zero-order chi connectivity index (χ0) is 25.0. The van der Waals surface area contributed by atoms with Crippen molar-refractivity contribution in [3.8, 4) is 22.5 Å². The first kappa shape index (κ1) is 27.0. The van der Waals surface area contributed by atoms with Gasteiger partial charge in [-0.25, -0.2) is 9.59 Å². The number of rotatable bonds is 6. The van der Waals surface area contributed by atoms with Gasteiger partial charge in [-0.1, -0.05) is 24.3 Å². The number of benzene rings is 2. The normalized spacial score (nSPS) is 10.8. The van der Waals surface area contributed by atoms with Gasteiger partial charge in [0.15, 0.2) is 0 Å². The minimum Gasteiger partial charge on any atom is -0.467 e. The van der Waals surface area contributed by atoms with Gasteiger partial charge in [-0.15, -0.1) is 59.7 Å². The second-order valence-electron chi connectivity index (χ2n) is 8.41. The predicted octanol–water partition coefficient (Wildman–Crippen LogP) is 5.31. The first-order chi connectivity index (χ1) is 16.8. The molecule has 0 fully saturated rings. The molecule has 0 aliphatic heterocycles. The van der Waals surface area contributed by atoms with Crippen molar-refractivity contribution in [2.24, 2.45) is 0 Å². The van der Waals surface area contributed by atoms with Crippen molar-refractivity contribution in [1.29, 1.82) is 0 Å². The predicted molar refractivity (Wildman–Crippen MR) is 132 cm³/mol. The first-order valence-corrected chi connectivity index (χ1v) is 11.0. The van der Waals surface area contributed by atoms with Crippen LogP contribution in [0.25, 0.3) is 22.5 Å². The third-order valence-corrected chi connectivity index (χ3v) is 5.78. The molecule has 0 unspecified atom stereocenters. The molecule has 0 amide bonds. The Morgan fingerprint density at radius 2 is 1.14 bits per heavy atom.